The molecule has 1 N–H and O–H groups in total. The molecule has 1 heterocycles. The van der Waals surface area contributed by atoms with Crippen LogP contribution in [0.25, 0.3) is 0 Å². The van der Waals surface area contributed by atoms with Crippen molar-refractivity contribution in [3.63, 3.8) is 0 Å². The Morgan fingerprint density at radius 1 is 1.25 bits per heavy atom. The van der Waals surface area contributed by atoms with E-state index in [0.29, 0.717) is 32.5 Å². The lowest BCUT2D eigenvalue weighted by molar-refractivity contribution is -0.146. The van der Waals surface area contributed by atoms with Gasteiger partial charge in [-0.2, -0.15) is 0 Å². The summed E-state index contributed by atoms with van der Waals surface area (Å²) in [7, 11) is 0. The minimum absolute atomic E-state index is 0.179. The summed E-state index contributed by atoms with van der Waals surface area (Å²) in [4.78, 5) is 12.3. The van der Waals surface area contributed by atoms with E-state index in [1.165, 1.54) is 5.57 Å². The van der Waals surface area contributed by atoms with Gasteiger partial charge in [0, 0.05) is 18.3 Å². The van der Waals surface area contributed by atoms with Crippen LogP contribution in [0.4, 0.5) is 0 Å². The fourth-order valence-electron chi connectivity index (χ4n) is 3.94. The second-order valence-electron chi connectivity index (χ2n) is 6.68. The number of ether oxygens (including phenoxy) is 2. The van der Waals surface area contributed by atoms with Crippen molar-refractivity contribution in [3.05, 3.63) is 11.1 Å². The first-order chi connectivity index (χ1) is 9.45. The Labute approximate surface area is 120 Å². The van der Waals surface area contributed by atoms with E-state index in [0.717, 1.165) is 24.8 Å². The second kappa shape index (κ2) is 4.93. The molecule has 0 bridgehead atoms. The molecule has 20 heavy (non-hydrogen) atoms. The van der Waals surface area contributed by atoms with Gasteiger partial charge in [-0.05, 0) is 38.2 Å². The van der Waals surface area contributed by atoms with Gasteiger partial charge in [-0.1, -0.05) is 12.5 Å². The fourth-order valence-corrected chi connectivity index (χ4v) is 3.94. The first-order valence-electron chi connectivity index (χ1n) is 7.66. The third kappa shape index (κ3) is 2.24. The largest absolute Gasteiger partial charge is 0.392 e. The van der Waals surface area contributed by atoms with Crippen molar-refractivity contribution >= 4 is 5.78 Å². The van der Waals surface area contributed by atoms with Crippen molar-refractivity contribution in [2.45, 2.75) is 64.3 Å². The van der Waals surface area contributed by atoms with Crippen LogP contribution in [0.3, 0.4) is 0 Å². The van der Waals surface area contributed by atoms with Gasteiger partial charge in [0.15, 0.2) is 11.6 Å². The normalized spacial score (nSPS) is 36.5. The molecule has 1 unspecified atom stereocenters. The van der Waals surface area contributed by atoms with Crippen LogP contribution < -0.4 is 0 Å². The van der Waals surface area contributed by atoms with E-state index in [1.54, 1.807) is 0 Å². The predicted molar refractivity (Wildman–Crippen MR) is 74.2 cm³/mol. The Morgan fingerprint density at radius 2 is 1.95 bits per heavy atom. The maximum Gasteiger partial charge on any atom is 0.166 e. The summed E-state index contributed by atoms with van der Waals surface area (Å²) < 4.78 is 11.2. The number of carbonyl (C=O) groups excluding carboxylic acids is 1. The molecule has 2 aliphatic carbocycles. The smallest absolute Gasteiger partial charge is 0.166 e. The van der Waals surface area contributed by atoms with Crippen LogP contribution in [0.2, 0.25) is 0 Å². The highest BCUT2D eigenvalue weighted by molar-refractivity contribution is 5.97. The summed E-state index contributed by atoms with van der Waals surface area (Å²) in [5.41, 5.74) is 1.96. The minimum Gasteiger partial charge on any atom is -0.392 e. The number of ketones is 1. The number of aliphatic hydroxyl groups is 1. The highest BCUT2D eigenvalue weighted by atomic mass is 16.7. The van der Waals surface area contributed by atoms with E-state index < -0.39 is 5.79 Å². The molecule has 1 aliphatic heterocycles. The van der Waals surface area contributed by atoms with E-state index in [-0.39, 0.29) is 17.3 Å². The molecule has 0 amide bonds. The Kier molecular flexibility index (Phi) is 3.51. The number of Topliss-reactive ketones (excluding diaryl/α,β-unsaturated/α-hetero) is 1. The maximum atomic E-state index is 12.3. The van der Waals surface area contributed by atoms with Crippen molar-refractivity contribution in [3.8, 4) is 0 Å². The van der Waals surface area contributed by atoms with Crippen LogP contribution >= 0.6 is 0 Å². The van der Waals surface area contributed by atoms with Crippen LogP contribution in [-0.4, -0.2) is 36.0 Å². The number of hydrogen-bond acceptors (Lipinski definition) is 4. The number of rotatable bonds is 3. The average Bonchev–Trinajstić information content (AvgIpc) is 2.96. The third-order valence-electron chi connectivity index (χ3n) is 5.39. The van der Waals surface area contributed by atoms with E-state index in [4.69, 9.17) is 9.47 Å². The Hall–Kier alpha value is -0.710. The first-order valence-corrected chi connectivity index (χ1v) is 7.66. The lowest BCUT2D eigenvalue weighted by Gasteiger charge is -2.35. The number of allylic oxidation sites excluding steroid dienone is 1. The summed E-state index contributed by atoms with van der Waals surface area (Å²) in [5.74, 6) is -0.285. The van der Waals surface area contributed by atoms with Crippen LogP contribution in [0.1, 0.15) is 52.4 Å². The van der Waals surface area contributed by atoms with Crippen molar-refractivity contribution < 1.29 is 19.4 Å². The molecule has 112 valence electrons. The van der Waals surface area contributed by atoms with Gasteiger partial charge in [0.25, 0.3) is 0 Å². The van der Waals surface area contributed by atoms with Gasteiger partial charge in [-0.3, -0.25) is 4.79 Å². The maximum absolute atomic E-state index is 12.3. The molecule has 4 nitrogen and oxygen atoms in total. The molecule has 2 atom stereocenters. The van der Waals surface area contributed by atoms with Gasteiger partial charge in [-0.25, -0.2) is 0 Å². The van der Waals surface area contributed by atoms with Gasteiger partial charge in [0.2, 0.25) is 0 Å². The number of fused-ring (bicyclic) bond motifs is 1. The van der Waals surface area contributed by atoms with E-state index >= 15 is 0 Å². The summed E-state index contributed by atoms with van der Waals surface area (Å²) in [6.45, 7) is 5.32. The monoisotopic (exact) mass is 280 g/mol. The highest BCUT2D eigenvalue weighted by Crippen LogP contribution is 2.51. The number of hydrogen-bond donors (Lipinski definition) is 1. The van der Waals surface area contributed by atoms with Crippen molar-refractivity contribution in [1.29, 1.82) is 0 Å². The Morgan fingerprint density at radius 3 is 2.65 bits per heavy atom. The number of carbonyl (C=O) groups is 1. The molecule has 4 heteroatoms. The van der Waals surface area contributed by atoms with Gasteiger partial charge in [0.05, 0.1) is 19.3 Å². The molecule has 0 aromatic rings. The van der Waals surface area contributed by atoms with Crippen LogP contribution in [0.5, 0.6) is 0 Å². The van der Waals surface area contributed by atoms with Gasteiger partial charge in [-0.15, -0.1) is 0 Å². The lowest BCUT2D eigenvalue weighted by Crippen LogP contribution is -2.34. The molecule has 0 aromatic heterocycles. The Balaban J connectivity index is 1.81. The molecular weight excluding hydrogens is 256 g/mol. The van der Waals surface area contributed by atoms with Crippen molar-refractivity contribution in [2.75, 3.05) is 13.2 Å². The molecule has 0 aromatic carbocycles. The van der Waals surface area contributed by atoms with Crippen LogP contribution in [0.15, 0.2) is 11.1 Å². The molecule has 3 rings (SSSR count). The van der Waals surface area contributed by atoms with Crippen molar-refractivity contribution in [2.24, 2.45) is 5.41 Å². The summed E-state index contributed by atoms with van der Waals surface area (Å²) in [5, 5.41) is 10.2. The fraction of sp³-hybridized carbons (Fsp3) is 0.812. The van der Waals surface area contributed by atoms with Gasteiger partial charge >= 0.3 is 0 Å². The van der Waals surface area contributed by atoms with E-state index in [9.17, 15) is 9.90 Å². The molecule has 1 saturated heterocycles. The zero-order valence-electron chi connectivity index (χ0n) is 12.4. The van der Waals surface area contributed by atoms with Crippen molar-refractivity contribution in [1.82, 2.24) is 0 Å². The Bertz CT molecular complexity index is 447. The standard InChI is InChI=1S/C16H24O4/c1-15-7-6-13(17)11(12(15)3-4-14(15)18)5-8-16(2)19-9-10-20-16/h14,18H,3-10H2,1-2H3/t14-,15?/m0/s1. The minimum atomic E-state index is -0.543. The summed E-state index contributed by atoms with van der Waals surface area (Å²) >= 11 is 0. The molecular formula is C16H24O4. The van der Waals surface area contributed by atoms with Crippen LogP contribution in [-0.2, 0) is 14.3 Å². The van der Waals surface area contributed by atoms with Crippen LogP contribution in [0, 0.1) is 5.41 Å². The highest BCUT2D eigenvalue weighted by Gasteiger charge is 2.47. The zero-order valence-corrected chi connectivity index (χ0v) is 12.4. The molecule has 1 saturated carbocycles. The first kappa shape index (κ1) is 14.2. The molecule has 0 spiro atoms. The van der Waals surface area contributed by atoms with E-state index in [2.05, 4.69) is 6.92 Å². The van der Waals surface area contributed by atoms with E-state index in [1.807, 2.05) is 6.92 Å². The third-order valence-corrected chi connectivity index (χ3v) is 5.39. The zero-order chi connectivity index (χ0) is 14.4. The second-order valence-corrected chi connectivity index (χ2v) is 6.68. The quantitative estimate of drug-likeness (QED) is 0.862. The van der Waals surface area contributed by atoms with Gasteiger partial charge < -0.3 is 14.6 Å². The topological polar surface area (TPSA) is 55.8 Å². The predicted octanol–water partition coefficient (Wildman–Crippen LogP) is 2.35. The summed E-state index contributed by atoms with van der Waals surface area (Å²) in [6.07, 6.45) is 4.11. The molecule has 2 fully saturated rings. The van der Waals surface area contributed by atoms with Gasteiger partial charge in [0.1, 0.15) is 0 Å². The molecule has 3 aliphatic rings. The molecule has 0 radical (unpaired) electrons. The number of aliphatic hydroxyl groups excluding tert-OH is 1. The average molecular weight is 280 g/mol. The SMILES string of the molecule is CC1(CCC2=C3CC[C@H](O)C3(C)CCC2=O)OCCO1. The lowest BCUT2D eigenvalue weighted by atomic mass is 9.70. The summed E-state index contributed by atoms with van der Waals surface area (Å²) in [6, 6.07) is 0.